The highest BCUT2D eigenvalue weighted by Crippen LogP contribution is 2.19. The zero-order valence-corrected chi connectivity index (χ0v) is 15.8. The minimum atomic E-state index is 0.571. The van der Waals surface area contributed by atoms with Crippen molar-refractivity contribution in [3.8, 4) is 0 Å². The molecule has 0 atom stereocenters. The summed E-state index contributed by atoms with van der Waals surface area (Å²) < 4.78 is 2.00. The number of hydrogen-bond acceptors (Lipinski definition) is 5. The van der Waals surface area contributed by atoms with Crippen LogP contribution in [0.15, 0.2) is 24.3 Å². The third-order valence-electron chi connectivity index (χ3n) is 4.07. The number of benzene rings is 1. The molecule has 0 bridgehead atoms. The van der Waals surface area contributed by atoms with E-state index in [2.05, 4.69) is 51.9 Å². The molecule has 0 aliphatic carbocycles. The number of nitrogens with zero attached hydrogens (tertiary/aromatic N) is 3. The lowest BCUT2D eigenvalue weighted by Crippen LogP contribution is -2.36. The van der Waals surface area contributed by atoms with Gasteiger partial charge in [-0.25, -0.2) is 19.9 Å². The maximum absolute atomic E-state index is 5.63. The molecule has 0 spiro atoms. The van der Waals surface area contributed by atoms with Crippen molar-refractivity contribution in [1.82, 2.24) is 15.3 Å². The molecule has 0 saturated carbocycles. The molecule has 1 aliphatic rings. The molecule has 1 aliphatic heterocycles. The highest BCUT2D eigenvalue weighted by Gasteiger charge is 2.24. The Morgan fingerprint density at radius 1 is 1.12 bits per heavy atom. The highest BCUT2D eigenvalue weighted by molar-refractivity contribution is 7.80. The maximum Gasteiger partial charge on any atom is 0.317 e. The van der Waals surface area contributed by atoms with Gasteiger partial charge in [-0.1, -0.05) is 18.2 Å². The number of anilines is 2. The summed E-state index contributed by atoms with van der Waals surface area (Å²) in [5.41, 5.74) is 5.25. The molecule has 0 radical (unpaired) electrons. The fourth-order valence-electron chi connectivity index (χ4n) is 2.88. The largest absolute Gasteiger partial charge is 0.317 e. The van der Waals surface area contributed by atoms with Crippen LogP contribution in [0, 0.1) is 27.7 Å². The van der Waals surface area contributed by atoms with Crippen molar-refractivity contribution in [1.29, 1.82) is 0 Å². The Morgan fingerprint density at radius 2 is 1.76 bits per heavy atom. The Labute approximate surface area is 153 Å². The van der Waals surface area contributed by atoms with E-state index in [1.54, 1.807) is 0 Å². The molecule has 7 heteroatoms. The van der Waals surface area contributed by atoms with Crippen LogP contribution >= 0.6 is 12.2 Å². The molecule has 3 N–H and O–H groups in total. The summed E-state index contributed by atoms with van der Waals surface area (Å²) in [7, 11) is 0. The van der Waals surface area contributed by atoms with Gasteiger partial charge in [0.15, 0.2) is 0 Å². The lowest BCUT2D eigenvalue weighted by atomic mass is 10.1. The molecule has 6 nitrogen and oxygen atoms in total. The molecular formula is C18H23N6S+. The van der Waals surface area contributed by atoms with E-state index < -0.39 is 0 Å². The Balaban J connectivity index is 1.84. The maximum atomic E-state index is 5.63. The minimum absolute atomic E-state index is 0.571. The first-order valence-electron chi connectivity index (χ1n) is 8.29. The quantitative estimate of drug-likeness (QED) is 0.568. The van der Waals surface area contributed by atoms with Crippen molar-refractivity contribution in [3.63, 3.8) is 0 Å². The number of thiocarbonyl (C=S) groups is 1. The molecule has 2 heterocycles. The van der Waals surface area contributed by atoms with Crippen molar-refractivity contribution in [2.45, 2.75) is 27.7 Å². The third-order valence-corrected chi connectivity index (χ3v) is 4.39. The third kappa shape index (κ3) is 3.93. The Kier molecular flexibility index (Phi) is 4.94. The summed E-state index contributed by atoms with van der Waals surface area (Å²) in [6.07, 6.45) is 0. The van der Waals surface area contributed by atoms with Crippen LogP contribution in [-0.4, -0.2) is 38.7 Å². The summed E-state index contributed by atoms with van der Waals surface area (Å²) in [4.78, 5) is 8.86. The van der Waals surface area contributed by atoms with Crippen LogP contribution in [0.25, 0.3) is 0 Å². The number of guanidine groups is 1. The topological polar surface area (TPSA) is 64.9 Å². The lowest BCUT2D eigenvalue weighted by molar-refractivity contribution is -0.391. The van der Waals surface area contributed by atoms with E-state index in [1.807, 2.05) is 30.6 Å². The van der Waals surface area contributed by atoms with Crippen molar-refractivity contribution < 1.29 is 4.58 Å². The lowest BCUT2D eigenvalue weighted by Gasteiger charge is -2.12. The summed E-state index contributed by atoms with van der Waals surface area (Å²) in [5, 5.41) is 10.6. The van der Waals surface area contributed by atoms with Gasteiger partial charge in [0.1, 0.15) is 0 Å². The van der Waals surface area contributed by atoms with Gasteiger partial charge in [-0.15, -0.1) is 0 Å². The summed E-state index contributed by atoms with van der Waals surface area (Å²) in [6.45, 7) is 9.65. The second-order valence-corrected chi connectivity index (χ2v) is 6.61. The van der Waals surface area contributed by atoms with Crippen LogP contribution in [0.2, 0.25) is 0 Å². The van der Waals surface area contributed by atoms with Crippen molar-refractivity contribution in [2.24, 2.45) is 0 Å². The van der Waals surface area contributed by atoms with Crippen molar-refractivity contribution >= 4 is 34.9 Å². The molecule has 1 aromatic heterocycles. The molecular weight excluding hydrogens is 332 g/mol. The Morgan fingerprint density at radius 3 is 2.40 bits per heavy atom. The fourth-order valence-corrected chi connectivity index (χ4v) is 3.17. The average molecular weight is 355 g/mol. The van der Waals surface area contributed by atoms with Crippen LogP contribution in [0.5, 0.6) is 0 Å². The summed E-state index contributed by atoms with van der Waals surface area (Å²) in [5.74, 6) is 1.37. The van der Waals surface area contributed by atoms with Gasteiger partial charge in [-0.3, -0.25) is 10.6 Å². The fraction of sp³-hybridized carbons (Fsp3) is 0.333. The second-order valence-electron chi connectivity index (χ2n) is 6.22. The molecule has 3 rings (SSSR count). The number of hydrogen-bond donors (Lipinski definition) is 3. The van der Waals surface area contributed by atoms with Gasteiger partial charge >= 0.3 is 5.96 Å². The molecule has 0 unspecified atom stereocenters. The number of para-hydroxylation sites is 1. The Hall–Kier alpha value is -2.54. The van der Waals surface area contributed by atoms with E-state index in [0.717, 1.165) is 36.1 Å². The predicted molar refractivity (Wildman–Crippen MR) is 105 cm³/mol. The first-order chi connectivity index (χ1) is 11.9. The molecule has 25 heavy (non-hydrogen) atoms. The summed E-state index contributed by atoms with van der Waals surface area (Å²) in [6, 6.07) is 8.15. The van der Waals surface area contributed by atoms with Crippen LogP contribution < -0.4 is 16.0 Å². The number of aryl methyl sites for hydroxylation is 4. The van der Waals surface area contributed by atoms with Gasteiger partial charge in [0, 0.05) is 11.4 Å². The monoisotopic (exact) mass is 355 g/mol. The number of nitrogens with one attached hydrogen (secondary N) is 3. The van der Waals surface area contributed by atoms with Crippen LogP contribution in [0.4, 0.5) is 11.6 Å². The van der Waals surface area contributed by atoms with E-state index >= 15 is 0 Å². The Bertz CT molecular complexity index is 818. The van der Waals surface area contributed by atoms with Gasteiger partial charge in [-0.2, -0.15) is 0 Å². The average Bonchev–Trinajstić information content (AvgIpc) is 2.98. The predicted octanol–water partition coefficient (Wildman–Crippen LogP) is 2.49. The molecule has 0 fully saturated rings. The zero-order chi connectivity index (χ0) is 18.0. The van der Waals surface area contributed by atoms with E-state index in [4.69, 9.17) is 12.2 Å². The van der Waals surface area contributed by atoms with E-state index in [0.29, 0.717) is 11.1 Å². The zero-order valence-electron chi connectivity index (χ0n) is 15.0. The molecule has 0 amide bonds. The van der Waals surface area contributed by atoms with Crippen LogP contribution in [-0.2, 0) is 0 Å². The van der Waals surface area contributed by atoms with E-state index in [9.17, 15) is 0 Å². The van der Waals surface area contributed by atoms with Gasteiger partial charge in [0.2, 0.25) is 0 Å². The van der Waals surface area contributed by atoms with Gasteiger partial charge in [0.25, 0.3) is 11.1 Å². The van der Waals surface area contributed by atoms with Gasteiger partial charge < -0.3 is 0 Å². The minimum Gasteiger partial charge on any atom is -0.294 e. The van der Waals surface area contributed by atoms with E-state index in [1.165, 1.54) is 11.1 Å². The number of aromatic nitrogens is 2. The van der Waals surface area contributed by atoms with Crippen LogP contribution in [0.1, 0.15) is 22.5 Å². The highest BCUT2D eigenvalue weighted by atomic mass is 32.1. The second kappa shape index (κ2) is 7.14. The SMILES string of the molecule is Cc1cc(C)nc(NC2=[N+](C(=S)Nc3c(C)cccc3C)CCN2)n1. The molecule has 0 saturated heterocycles. The standard InChI is InChI=1S/C18H22N6S/c1-11-6-5-7-12(2)15(11)22-18(25)24-9-8-19-17(24)23-16-20-13(3)10-14(4)21-16/h5-7,10H,8-9H2,1-4H3,(H2,19,20,21,22,23,25)/p+1. The van der Waals surface area contributed by atoms with Crippen molar-refractivity contribution in [3.05, 3.63) is 46.8 Å². The van der Waals surface area contributed by atoms with Gasteiger partial charge in [-0.05, 0) is 57.1 Å². The smallest absolute Gasteiger partial charge is 0.294 e. The molecule has 2 aromatic rings. The number of rotatable bonds is 2. The first kappa shape index (κ1) is 17.3. The normalized spacial score (nSPS) is 13.6. The summed E-state index contributed by atoms with van der Waals surface area (Å²) >= 11 is 5.63. The van der Waals surface area contributed by atoms with Crippen molar-refractivity contribution in [2.75, 3.05) is 23.7 Å². The van der Waals surface area contributed by atoms with E-state index in [-0.39, 0.29) is 0 Å². The molecule has 130 valence electrons. The molecule has 1 aromatic carbocycles. The van der Waals surface area contributed by atoms with Gasteiger partial charge in [0.05, 0.1) is 18.8 Å². The first-order valence-corrected chi connectivity index (χ1v) is 8.70. The van der Waals surface area contributed by atoms with Crippen LogP contribution in [0.3, 0.4) is 0 Å².